The number of aromatic nitrogens is 1. The van der Waals surface area contributed by atoms with Gasteiger partial charge in [0.05, 0.1) is 5.52 Å². The van der Waals surface area contributed by atoms with E-state index in [-0.39, 0.29) is 0 Å². The van der Waals surface area contributed by atoms with Gasteiger partial charge in [-0.3, -0.25) is 0 Å². The van der Waals surface area contributed by atoms with Crippen LogP contribution in [0.25, 0.3) is 22.0 Å². The summed E-state index contributed by atoms with van der Waals surface area (Å²) in [6.07, 6.45) is 0. The largest absolute Gasteiger partial charge is 0.241 e. The minimum atomic E-state index is 1.05. The molecule has 0 fully saturated rings. The summed E-state index contributed by atoms with van der Waals surface area (Å²) in [6, 6.07) is 20.8. The number of halogens is 1. The van der Waals surface area contributed by atoms with Crippen molar-refractivity contribution in [1.29, 1.82) is 0 Å². The van der Waals surface area contributed by atoms with Crippen molar-refractivity contribution in [3.63, 3.8) is 0 Å². The zero-order valence-electron chi connectivity index (χ0n) is 9.10. The van der Waals surface area contributed by atoms with E-state index in [2.05, 4.69) is 64.0 Å². The Labute approximate surface area is 114 Å². The highest BCUT2D eigenvalue weighted by Crippen LogP contribution is 2.27. The Kier molecular flexibility index (Phi) is 2.81. The van der Waals surface area contributed by atoms with Crippen molar-refractivity contribution in [2.45, 2.75) is 0 Å². The van der Waals surface area contributed by atoms with Gasteiger partial charge < -0.3 is 0 Å². The third-order valence-corrected chi connectivity index (χ3v) is 3.58. The van der Waals surface area contributed by atoms with Gasteiger partial charge in [0.1, 0.15) is 3.70 Å². The Hall–Kier alpha value is -1.42. The van der Waals surface area contributed by atoms with Gasteiger partial charge >= 0.3 is 0 Å². The molecule has 0 spiro atoms. The summed E-state index contributed by atoms with van der Waals surface area (Å²) in [6.45, 7) is 0. The molecule has 0 unspecified atom stereocenters. The Morgan fingerprint density at radius 1 is 0.824 bits per heavy atom. The summed E-state index contributed by atoms with van der Waals surface area (Å²) in [4.78, 5) is 4.64. The SMILES string of the molecule is Ic1nc2ccccc2cc1-c1ccccc1. The highest BCUT2D eigenvalue weighted by molar-refractivity contribution is 14.1. The molecule has 0 saturated carbocycles. The molecule has 0 radical (unpaired) electrons. The first-order chi connectivity index (χ1) is 8.34. The van der Waals surface area contributed by atoms with Crippen LogP contribution in [0.1, 0.15) is 0 Å². The third kappa shape index (κ3) is 2.05. The number of hydrogen-bond donors (Lipinski definition) is 0. The molecule has 0 bridgehead atoms. The van der Waals surface area contributed by atoms with Crippen LogP contribution in [0.2, 0.25) is 0 Å². The van der Waals surface area contributed by atoms with Crippen LogP contribution in [0.15, 0.2) is 60.7 Å². The number of benzene rings is 2. The summed E-state index contributed by atoms with van der Waals surface area (Å²) in [5.41, 5.74) is 3.47. The predicted molar refractivity (Wildman–Crippen MR) is 79.9 cm³/mol. The van der Waals surface area contributed by atoms with Crippen molar-refractivity contribution in [2.75, 3.05) is 0 Å². The summed E-state index contributed by atoms with van der Waals surface area (Å²) < 4.78 is 1.05. The molecule has 1 heterocycles. The van der Waals surface area contributed by atoms with E-state index in [1.165, 1.54) is 16.5 Å². The summed E-state index contributed by atoms with van der Waals surface area (Å²) in [5.74, 6) is 0. The maximum atomic E-state index is 4.64. The number of nitrogens with zero attached hydrogens (tertiary/aromatic N) is 1. The second-order valence-electron chi connectivity index (χ2n) is 3.89. The lowest BCUT2D eigenvalue weighted by Crippen LogP contribution is -1.88. The number of fused-ring (bicyclic) bond motifs is 1. The Morgan fingerprint density at radius 2 is 1.53 bits per heavy atom. The highest BCUT2D eigenvalue weighted by Gasteiger charge is 2.05. The third-order valence-electron chi connectivity index (χ3n) is 2.76. The molecule has 1 nitrogen and oxygen atoms in total. The fraction of sp³-hybridized carbons (Fsp3) is 0. The average molecular weight is 331 g/mol. The van der Waals surface area contributed by atoms with Crippen LogP contribution in [-0.2, 0) is 0 Å². The number of hydrogen-bond acceptors (Lipinski definition) is 1. The van der Waals surface area contributed by atoms with Crippen molar-refractivity contribution < 1.29 is 0 Å². The molecule has 0 atom stereocenters. The van der Waals surface area contributed by atoms with Crippen LogP contribution in [-0.4, -0.2) is 4.98 Å². The molecular formula is C15H10IN. The lowest BCUT2D eigenvalue weighted by Gasteiger charge is -2.06. The molecule has 1 aromatic heterocycles. The van der Waals surface area contributed by atoms with E-state index in [0.29, 0.717) is 0 Å². The van der Waals surface area contributed by atoms with Crippen molar-refractivity contribution in [2.24, 2.45) is 0 Å². The van der Waals surface area contributed by atoms with Gasteiger partial charge in [0.25, 0.3) is 0 Å². The van der Waals surface area contributed by atoms with Crippen LogP contribution in [0.3, 0.4) is 0 Å². The summed E-state index contributed by atoms with van der Waals surface area (Å²) in [7, 11) is 0. The van der Waals surface area contributed by atoms with Crippen LogP contribution >= 0.6 is 22.6 Å². The molecule has 0 amide bonds. The second kappa shape index (κ2) is 4.45. The van der Waals surface area contributed by atoms with Gasteiger partial charge in [-0.1, -0.05) is 48.5 Å². The van der Waals surface area contributed by atoms with Crippen LogP contribution < -0.4 is 0 Å². The zero-order valence-corrected chi connectivity index (χ0v) is 11.3. The molecule has 0 saturated heterocycles. The Bertz CT molecular complexity index is 662. The van der Waals surface area contributed by atoms with Gasteiger partial charge in [-0.15, -0.1) is 0 Å². The van der Waals surface area contributed by atoms with Crippen molar-refractivity contribution >= 4 is 33.5 Å². The summed E-state index contributed by atoms with van der Waals surface area (Å²) in [5, 5.41) is 1.19. The van der Waals surface area contributed by atoms with E-state index in [4.69, 9.17) is 0 Å². The van der Waals surface area contributed by atoms with Crippen LogP contribution in [0, 0.1) is 3.70 Å². The zero-order chi connectivity index (χ0) is 11.7. The van der Waals surface area contributed by atoms with Crippen molar-refractivity contribution in [1.82, 2.24) is 4.98 Å². The normalized spacial score (nSPS) is 10.6. The fourth-order valence-corrected chi connectivity index (χ4v) is 2.64. The predicted octanol–water partition coefficient (Wildman–Crippen LogP) is 4.51. The molecule has 0 aliphatic carbocycles. The van der Waals surface area contributed by atoms with Gasteiger partial charge in [0.2, 0.25) is 0 Å². The number of para-hydroxylation sites is 1. The van der Waals surface area contributed by atoms with E-state index in [9.17, 15) is 0 Å². The molecule has 0 aliphatic rings. The first kappa shape index (κ1) is 10.7. The fourth-order valence-electron chi connectivity index (χ4n) is 1.91. The van der Waals surface area contributed by atoms with Gasteiger partial charge in [-0.2, -0.15) is 0 Å². The Balaban J connectivity index is 2.27. The van der Waals surface area contributed by atoms with Crippen LogP contribution in [0.4, 0.5) is 0 Å². The molecular weight excluding hydrogens is 321 g/mol. The average Bonchev–Trinajstić information content (AvgIpc) is 2.39. The van der Waals surface area contributed by atoms with Gasteiger partial charge in [0, 0.05) is 10.9 Å². The Morgan fingerprint density at radius 3 is 2.35 bits per heavy atom. The number of pyridine rings is 1. The van der Waals surface area contributed by atoms with Crippen molar-refractivity contribution in [3.8, 4) is 11.1 Å². The monoisotopic (exact) mass is 331 g/mol. The first-order valence-corrected chi connectivity index (χ1v) is 6.53. The minimum absolute atomic E-state index is 1.05. The molecule has 82 valence electrons. The van der Waals surface area contributed by atoms with E-state index in [1.54, 1.807) is 0 Å². The van der Waals surface area contributed by atoms with Crippen molar-refractivity contribution in [3.05, 3.63) is 64.4 Å². The molecule has 2 heteroatoms. The topological polar surface area (TPSA) is 12.9 Å². The highest BCUT2D eigenvalue weighted by atomic mass is 127. The summed E-state index contributed by atoms with van der Waals surface area (Å²) >= 11 is 2.30. The van der Waals surface area contributed by atoms with Gasteiger partial charge in [0.15, 0.2) is 0 Å². The van der Waals surface area contributed by atoms with E-state index in [1.807, 2.05) is 24.3 Å². The maximum Gasteiger partial charge on any atom is 0.109 e. The lowest BCUT2D eigenvalue weighted by atomic mass is 10.1. The molecule has 0 N–H and O–H groups in total. The van der Waals surface area contributed by atoms with Crippen LogP contribution in [0.5, 0.6) is 0 Å². The standard InChI is InChI=1S/C15H10IN/c16-15-13(11-6-2-1-3-7-11)10-12-8-4-5-9-14(12)17-15/h1-10H. The molecule has 0 aliphatic heterocycles. The van der Waals surface area contributed by atoms with E-state index in [0.717, 1.165) is 9.22 Å². The maximum absolute atomic E-state index is 4.64. The van der Waals surface area contributed by atoms with E-state index < -0.39 is 0 Å². The smallest absolute Gasteiger partial charge is 0.109 e. The second-order valence-corrected chi connectivity index (χ2v) is 4.91. The quantitative estimate of drug-likeness (QED) is 0.472. The first-order valence-electron chi connectivity index (χ1n) is 5.45. The minimum Gasteiger partial charge on any atom is -0.241 e. The molecule has 2 aromatic carbocycles. The molecule has 3 rings (SSSR count). The lowest BCUT2D eigenvalue weighted by molar-refractivity contribution is 1.34. The van der Waals surface area contributed by atoms with Gasteiger partial charge in [-0.25, -0.2) is 4.98 Å². The van der Waals surface area contributed by atoms with Gasteiger partial charge in [-0.05, 0) is 40.3 Å². The molecule has 17 heavy (non-hydrogen) atoms. The molecule has 3 aromatic rings. The van der Waals surface area contributed by atoms with E-state index >= 15 is 0 Å². The number of rotatable bonds is 1.